The van der Waals surface area contributed by atoms with Gasteiger partial charge < -0.3 is 5.73 Å². The van der Waals surface area contributed by atoms with Crippen molar-refractivity contribution < 1.29 is 9.18 Å². The monoisotopic (exact) mass is 433 g/mol. The maximum Gasteiger partial charge on any atom is 0.266 e. The van der Waals surface area contributed by atoms with Crippen molar-refractivity contribution in [3.8, 4) is 17.2 Å². The van der Waals surface area contributed by atoms with Gasteiger partial charge in [0.2, 0.25) is 0 Å². The van der Waals surface area contributed by atoms with E-state index < -0.39 is 12.2 Å². The summed E-state index contributed by atoms with van der Waals surface area (Å²) in [5.74, 6) is -0.350. The number of nitriles is 1. The van der Waals surface area contributed by atoms with Crippen LogP contribution in [-0.4, -0.2) is 28.8 Å². The van der Waals surface area contributed by atoms with Crippen LogP contribution in [-0.2, 0) is 17.0 Å². The highest BCUT2D eigenvalue weighted by atomic mass is 35.5. The van der Waals surface area contributed by atoms with Crippen LogP contribution in [0.3, 0.4) is 0 Å². The van der Waals surface area contributed by atoms with Crippen molar-refractivity contribution in [3.05, 3.63) is 88.2 Å². The van der Waals surface area contributed by atoms with E-state index in [1.165, 1.54) is 24.2 Å². The lowest BCUT2D eigenvalue weighted by Gasteiger charge is -2.27. The first kappa shape index (κ1) is 20.5. The molecule has 1 atom stereocenters. The summed E-state index contributed by atoms with van der Waals surface area (Å²) in [5, 5.41) is 9.61. The van der Waals surface area contributed by atoms with Crippen LogP contribution in [0.5, 0.6) is 0 Å². The molecule has 1 aromatic heterocycles. The molecule has 0 spiro atoms. The molecule has 0 fully saturated rings. The minimum atomic E-state index is -1.53. The Morgan fingerprint density at radius 2 is 1.97 bits per heavy atom. The summed E-state index contributed by atoms with van der Waals surface area (Å²) in [6.07, 6.45) is 1.44. The molecular weight excluding hydrogens is 417 g/mol. The average molecular weight is 434 g/mol. The molecule has 2 aromatic carbocycles. The number of guanidine groups is 1. The standard InChI is InChI=1S/C23H17ClFN5O/c1-30-21(31)23(29-22(30)27,17-5-6-28-20(11-17)12-25)18-8-16(9-19(24)10-18)15-4-2-3-14(7-15)13-26/h2-11H,12H2,1H3,(H2,27,29). The number of aliphatic imine (C=N–C) groups is 1. The summed E-state index contributed by atoms with van der Waals surface area (Å²) in [6.45, 7) is -0.783. The summed E-state index contributed by atoms with van der Waals surface area (Å²) in [6, 6.07) is 17.4. The third-order valence-electron chi connectivity index (χ3n) is 5.25. The summed E-state index contributed by atoms with van der Waals surface area (Å²) < 4.78 is 13.3. The Bertz CT molecular complexity index is 1270. The number of amides is 1. The van der Waals surface area contributed by atoms with Crippen molar-refractivity contribution in [2.45, 2.75) is 12.2 Å². The lowest BCUT2D eigenvalue weighted by molar-refractivity contribution is -0.129. The van der Waals surface area contributed by atoms with Gasteiger partial charge in [0, 0.05) is 18.3 Å². The number of nitrogens with two attached hydrogens (primary N) is 1. The summed E-state index contributed by atoms with van der Waals surface area (Å²) in [4.78, 5) is 23.2. The van der Waals surface area contributed by atoms with E-state index in [1.807, 2.05) is 6.07 Å². The van der Waals surface area contributed by atoms with Crippen molar-refractivity contribution >= 4 is 23.5 Å². The molecule has 31 heavy (non-hydrogen) atoms. The Morgan fingerprint density at radius 1 is 1.16 bits per heavy atom. The van der Waals surface area contributed by atoms with Gasteiger partial charge in [0.15, 0.2) is 11.5 Å². The second-order valence-electron chi connectivity index (χ2n) is 7.14. The first-order valence-electron chi connectivity index (χ1n) is 9.35. The fourth-order valence-corrected chi connectivity index (χ4v) is 3.93. The topological polar surface area (TPSA) is 95.4 Å². The molecule has 1 amide bonds. The van der Waals surface area contributed by atoms with E-state index >= 15 is 0 Å². The fraction of sp³-hybridized carbons (Fsp3) is 0.130. The maximum absolute atomic E-state index is 13.4. The molecule has 0 radical (unpaired) electrons. The number of hydrogen-bond acceptors (Lipinski definition) is 5. The molecule has 0 saturated carbocycles. The Labute approximate surface area is 183 Å². The van der Waals surface area contributed by atoms with E-state index in [1.54, 1.807) is 42.5 Å². The number of pyridine rings is 1. The lowest BCUT2D eigenvalue weighted by Crippen LogP contribution is -2.41. The first-order chi connectivity index (χ1) is 14.9. The normalized spacial score (nSPS) is 18.1. The van der Waals surface area contributed by atoms with Crippen LogP contribution >= 0.6 is 11.6 Å². The van der Waals surface area contributed by atoms with Gasteiger partial charge in [0.05, 0.1) is 17.3 Å². The van der Waals surface area contributed by atoms with Crippen molar-refractivity contribution in [2.75, 3.05) is 7.05 Å². The second-order valence-corrected chi connectivity index (χ2v) is 7.57. The predicted molar refractivity (Wildman–Crippen MR) is 116 cm³/mol. The van der Waals surface area contributed by atoms with E-state index in [0.717, 1.165) is 5.56 Å². The molecular formula is C23H17ClFN5O. The molecule has 1 aliphatic heterocycles. The van der Waals surface area contributed by atoms with Crippen LogP contribution in [0.2, 0.25) is 5.02 Å². The van der Waals surface area contributed by atoms with Crippen LogP contribution < -0.4 is 5.73 Å². The average Bonchev–Trinajstić information content (AvgIpc) is 3.03. The van der Waals surface area contributed by atoms with Gasteiger partial charge in [0.1, 0.15) is 6.67 Å². The number of rotatable bonds is 4. The van der Waals surface area contributed by atoms with Crippen LogP contribution in [0.1, 0.15) is 22.4 Å². The van der Waals surface area contributed by atoms with E-state index in [0.29, 0.717) is 27.3 Å². The van der Waals surface area contributed by atoms with Gasteiger partial charge in [-0.1, -0.05) is 23.7 Å². The molecule has 8 heteroatoms. The van der Waals surface area contributed by atoms with Gasteiger partial charge in [-0.2, -0.15) is 5.26 Å². The van der Waals surface area contributed by atoms with Crippen molar-refractivity contribution in [2.24, 2.45) is 10.7 Å². The minimum Gasteiger partial charge on any atom is -0.369 e. The van der Waals surface area contributed by atoms with E-state index in [2.05, 4.69) is 16.0 Å². The van der Waals surface area contributed by atoms with Gasteiger partial charge in [0.25, 0.3) is 5.91 Å². The number of carbonyl (C=O) groups is 1. The zero-order valence-corrected chi connectivity index (χ0v) is 17.3. The smallest absolute Gasteiger partial charge is 0.266 e. The molecule has 1 unspecified atom stereocenters. The highest BCUT2D eigenvalue weighted by molar-refractivity contribution is 6.31. The molecule has 3 aromatic rings. The third kappa shape index (κ3) is 3.41. The number of carbonyl (C=O) groups excluding carboxylic acids is 1. The highest BCUT2D eigenvalue weighted by Crippen LogP contribution is 2.42. The number of halogens is 2. The fourth-order valence-electron chi connectivity index (χ4n) is 3.69. The number of aromatic nitrogens is 1. The van der Waals surface area contributed by atoms with Gasteiger partial charge >= 0.3 is 0 Å². The Kier molecular flexibility index (Phi) is 5.17. The lowest BCUT2D eigenvalue weighted by atomic mass is 9.81. The van der Waals surface area contributed by atoms with Crippen molar-refractivity contribution in [3.63, 3.8) is 0 Å². The van der Waals surface area contributed by atoms with E-state index in [9.17, 15) is 14.4 Å². The zero-order valence-electron chi connectivity index (χ0n) is 16.5. The molecule has 4 rings (SSSR count). The van der Waals surface area contributed by atoms with Gasteiger partial charge in [-0.3, -0.25) is 14.7 Å². The van der Waals surface area contributed by atoms with E-state index in [4.69, 9.17) is 17.3 Å². The number of likely N-dealkylation sites (N-methyl/N-ethyl adjacent to an activating group) is 1. The molecule has 0 saturated heterocycles. The molecule has 6 nitrogen and oxygen atoms in total. The number of nitrogens with zero attached hydrogens (tertiary/aromatic N) is 4. The summed E-state index contributed by atoms with van der Waals surface area (Å²) in [7, 11) is 1.53. The third-order valence-corrected chi connectivity index (χ3v) is 5.47. The number of hydrogen-bond donors (Lipinski definition) is 1. The molecule has 2 heterocycles. The minimum absolute atomic E-state index is 0.0385. The number of benzene rings is 2. The molecule has 0 aliphatic carbocycles. The van der Waals surface area contributed by atoms with Crippen molar-refractivity contribution in [1.82, 2.24) is 9.88 Å². The largest absolute Gasteiger partial charge is 0.369 e. The zero-order chi connectivity index (χ0) is 22.2. The van der Waals surface area contributed by atoms with E-state index in [-0.39, 0.29) is 17.6 Å². The Hall–Kier alpha value is -3.76. The predicted octanol–water partition coefficient (Wildman–Crippen LogP) is 3.77. The van der Waals surface area contributed by atoms with Crippen LogP contribution in [0.4, 0.5) is 4.39 Å². The maximum atomic E-state index is 13.4. The van der Waals surface area contributed by atoms with Crippen LogP contribution in [0.25, 0.3) is 11.1 Å². The van der Waals surface area contributed by atoms with Gasteiger partial charge in [-0.25, -0.2) is 9.38 Å². The molecule has 1 aliphatic rings. The Balaban J connectivity index is 1.98. The summed E-state index contributed by atoms with van der Waals surface area (Å²) in [5.41, 5.74) is 7.53. The summed E-state index contributed by atoms with van der Waals surface area (Å²) >= 11 is 6.44. The molecule has 154 valence electrons. The second kappa shape index (κ2) is 7.82. The van der Waals surface area contributed by atoms with Gasteiger partial charge in [-0.05, 0) is 64.7 Å². The SMILES string of the molecule is CN1C(=O)C(c2cc(Cl)cc(-c3cccc(C#N)c3)c2)(c2ccnc(CF)c2)N=C1N. The van der Waals surface area contributed by atoms with Crippen LogP contribution in [0.15, 0.2) is 65.8 Å². The number of alkyl halides is 1. The molecule has 2 N–H and O–H groups in total. The highest BCUT2D eigenvalue weighted by Gasteiger charge is 2.50. The van der Waals surface area contributed by atoms with Crippen LogP contribution in [0, 0.1) is 11.3 Å². The quantitative estimate of drug-likeness (QED) is 0.677. The molecule has 0 bridgehead atoms. The van der Waals surface area contributed by atoms with Crippen molar-refractivity contribution in [1.29, 1.82) is 5.26 Å². The van der Waals surface area contributed by atoms with Gasteiger partial charge in [-0.15, -0.1) is 0 Å². The first-order valence-corrected chi connectivity index (χ1v) is 9.73. The Morgan fingerprint density at radius 3 is 2.65 bits per heavy atom.